The Kier molecular flexibility index (Phi) is 4.43. The number of aliphatic hydroxyl groups excluding tert-OH is 1. The molecule has 2 aliphatic carbocycles. The van der Waals surface area contributed by atoms with Gasteiger partial charge >= 0.3 is 5.97 Å². The van der Waals surface area contributed by atoms with Gasteiger partial charge in [0.15, 0.2) is 0 Å². The molecular formula is C20H30O3. The number of carbonyl (C=O) groups excluding carboxylic acids is 1. The minimum absolute atomic E-state index is 0.0532. The first kappa shape index (κ1) is 16.8. The monoisotopic (exact) mass is 318 g/mol. The lowest BCUT2D eigenvalue weighted by Gasteiger charge is -2.58. The first-order valence-electron chi connectivity index (χ1n) is 9.04. The smallest absolute Gasteiger partial charge is 0.331 e. The quantitative estimate of drug-likeness (QED) is 0.629. The largest absolute Gasteiger partial charge is 0.458 e. The van der Waals surface area contributed by atoms with Crippen LogP contribution in [0.1, 0.15) is 58.8 Å². The van der Waals surface area contributed by atoms with Gasteiger partial charge in [-0.1, -0.05) is 32.4 Å². The summed E-state index contributed by atoms with van der Waals surface area (Å²) in [6.45, 7) is 9.83. The van der Waals surface area contributed by atoms with E-state index in [2.05, 4.69) is 20.4 Å². The molecule has 23 heavy (non-hydrogen) atoms. The lowest BCUT2D eigenvalue weighted by molar-refractivity contribution is -0.134. The van der Waals surface area contributed by atoms with Crippen molar-refractivity contribution in [1.82, 2.24) is 0 Å². The third-order valence-corrected chi connectivity index (χ3v) is 6.98. The first-order valence-corrected chi connectivity index (χ1v) is 9.04. The van der Waals surface area contributed by atoms with Gasteiger partial charge in [-0.3, -0.25) is 0 Å². The predicted octanol–water partition coefficient (Wildman–Crippen LogP) is 4.02. The van der Waals surface area contributed by atoms with E-state index in [0.29, 0.717) is 25.0 Å². The van der Waals surface area contributed by atoms with Crippen molar-refractivity contribution in [1.29, 1.82) is 0 Å². The summed E-state index contributed by atoms with van der Waals surface area (Å²) in [4.78, 5) is 11.2. The minimum Gasteiger partial charge on any atom is -0.458 e. The second-order valence-corrected chi connectivity index (χ2v) is 8.42. The maximum Gasteiger partial charge on any atom is 0.331 e. The molecule has 1 N–H and O–H groups in total. The van der Waals surface area contributed by atoms with Gasteiger partial charge < -0.3 is 9.84 Å². The Morgan fingerprint density at radius 3 is 2.83 bits per heavy atom. The van der Waals surface area contributed by atoms with Crippen LogP contribution >= 0.6 is 0 Å². The van der Waals surface area contributed by atoms with Crippen LogP contribution in [-0.4, -0.2) is 24.3 Å². The zero-order valence-electron chi connectivity index (χ0n) is 14.6. The van der Waals surface area contributed by atoms with Crippen LogP contribution in [0.25, 0.3) is 0 Å². The van der Waals surface area contributed by atoms with Crippen molar-refractivity contribution in [2.75, 3.05) is 13.2 Å². The van der Waals surface area contributed by atoms with Gasteiger partial charge in [0.2, 0.25) is 0 Å². The third-order valence-electron chi connectivity index (χ3n) is 6.98. The number of hydrogen-bond acceptors (Lipinski definition) is 3. The molecule has 3 nitrogen and oxygen atoms in total. The summed E-state index contributed by atoms with van der Waals surface area (Å²) < 4.78 is 5.03. The van der Waals surface area contributed by atoms with E-state index in [0.717, 1.165) is 37.7 Å². The Morgan fingerprint density at radius 1 is 1.39 bits per heavy atom. The zero-order valence-corrected chi connectivity index (χ0v) is 14.6. The predicted molar refractivity (Wildman–Crippen MR) is 90.8 cm³/mol. The van der Waals surface area contributed by atoms with Gasteiger partial charge in [-0.15, -0.1) is 0 Å². The highest BCUT2D eigenvalue weighted by Gasteiger charge is 2.54. The van der Waals surface area contributed by atoms with Crippen LogP contribution in [0, 0.1) is 22.7 Å². The van der Waals surface area contributed by atoms with Crippen LogP contribution < -0.4 is 0 Å². The van der Waals surface area contributed by atoms with E-state index < -0.39 is 0 Å². The SMILES string of the molecule is C=C1CC[C@H]2[C@@](C)(CO)CCC[C@]2(C)[C@H]1CCC1=CC(=O)OC1. The average Bonchev–Trinajstić information content (AvgIpc) is 2.92. The topological polar surface area (TPSA) is 46.5 Å². The van der Waals surface area contributed by atoms with E-state index in [-0.39, 0.29) is 16.8 Å². The lowest BCUT2D eigenvalue weighted by Crippen LogP contribution is -2.51. The molecule has 3 rings (SSSR count). The molecule has 1 aliphatic heterocycles. The molecule has 0 aromatic heterocycles. The minimum atomic E-state index is -0.197. The van der Waals surface area contributed by atoms with Crippen molar-refractivity contribution in [3.63, 3.8) is 0 Å². The van der Waals surface area contributed by atoms with E-state index in [1.54, 1.807) is 6.08 Å². The van der Waals surface area contributed by atoms with Crippen molar-refractivity contribution in [3.8, 4) is 0 Å². The number of aliphatic hydroxyl groups is 1. The molecule has 3 heteroatoms. The van der Waals surface area contributed by atoms with Crippen LogP contribution in [0.4, 0.5) is 0 Å². The number of rotatable bonds is 4. The van der Waals surface area contributed by atoms with Gasteiger partial charge in [0.25, 0.3) is 0 Å². The van der Waals surface area contributed by atoms with Crippen LogP contribution in [0.2, 0.25) is 0 Å². The highest BCUT2D eigenvalue weighted by molar-refractivity contribution is 5.85. The number of hydrogen-bond donors (Lipinski definition) is 1. The number of allylic oxidation sites excluding steroid dienone is 1. The van der Waals surface area contributed by atoms with Crippen LogP contribution in [0.3, 0.4) is 0 Å². The fourth-order valence-corrected chi connectivity index (χ4v) is 5.69. The summed E-state index contributed by atoms with van der Waals surface area (Å²) in [6, 6.07) is 0. The summed E-state index contributed by atoms with van der Waals surface area (Å²) in [6.07, 6.45) is 9.43. The second kappa shape index (κ2) is 6.08. The van der Waals surface area contributed by atoms with E-state index in [1.807, 2.05) is 0 Å². The Morgan fingerprint density at radius 2 is 2.17 bits per heavy atom. The normalized spacial score (nSPS) is 40.6. The maximum absolute atomic E-state index is 11.2. The molecule has 0 spiro atoms. The standard InChI is InChI=1S/C20H30O3/c1-14-5-8-17-19(2,13-21)9-4-10-20(17,3)16(14)7-6-15-11-18(22)23-12-15/h11,16-17,21H,1,4-10,12-13H2,2-3H3/t16-,17-,19+,20+/m0/s1. The van der Waals surface area contributed by atoms with Gasteiger partial charge in [-0.2, -0.15) is 0 Å². The molecular weight excluding hydrogens is 288 g/mol. The van der Waals surface area contributed by atoms with Gasteiger partial charge in [-0.05, 0) is 66.8 Å². The summed E-state index contributed by atoms with van der Waals surface area (Å²) in [5, 5.41) is 10.0. The Bertz CT molecular complexity index is 535. The van der Waals surface area contributed by atoms with Crippen molar-refractivity contribution < 1.29 is 14.6 Å². The fourth-order valence-electron chi connectivity index (χ4n) is 5.69. The van der Waals surface area contributed by atoms with Crippen molar-refractivity contribution in [2.24, 2.45) is 22.7 Å². The molecule has 2 fully saturated rings. The molecule has 4 atom stereocenters. The molecule has 0 aromatic carbocycles. The van der Waals surface area contributed by atoms with Gasteiger partial charge in [-0.25, -0.2) is 4.79 Å². The molecule has 1 heterocycles. The number of ether oxygens (including phenoxy) is 1. The Hall–Kier alpha value is -1.09. The van der Waals surface area contributed by atoms with Gasteiger partial charge in [0, 0.05) is 12.7 Å². The molecule has 0 unspecified atom stereocenters. The summed E-state index contributed by atoms with van der Waals surface area (Å²) >= 11 is 0. The highest BCUT2D eigenvalue weighted by Crippen LogP contribution is 2.61. The van der Waals surface area contributed by atoms with Crippen LogP contribution in [0.15, 0.2) is 23.8 Å². The van der Waals surface area contributed by atoms with Crippen molar-refractivity contribution in [3.05, 3.63) is 23.8 Å². The third kappa shape index (κ3) is 2.88. The average molecular weight is 318 g/mol. The molecule has 128 valence electrons. The molecule has 0 bridgehead atoms. The van der Waals surface area contributed by atoms with E-state index >= 15 is 0 Å². The van der Waals surface area contributed by atoms with Gasteiger partial charge in [0.05, 0.1) is 0 Å². The molecule has 0 aromatic rings. The van der Waals surface area contributed by atoms with E-state index in [9.17, 15) is 9.90 Å². The molecule has 0 saturated heterocycles. The van der Waals surface area contributed by atoms with Crippen LogP contribution in [-0.2, 0) is 9.53 Å². The number of fused-ring (bicyclic) bond motifs is 1. The van der Waals surface area contributed by atoms with Crippen molar-refractivity contribution in [2.45, 2.75) is 58.8 Å². The number of esters is 1. The van der Waals surface area contributed by atoms with Crippen molar-refractivity contribution >= 4 is 5.97 Å². The fraction of sp³-hybridized carbons (Fsp3) is 0.750. The summed E-state index contributed by atoms with van der Waals surface area (Å²) in [7, 11) is 0. The molecule has 2 saturated carbocycles. The maximum atomic E-state index is 11.2. The van der Waals surface area contributed by atoms with Crippen LogP contribution in [0.5, 0.6) is 0 Å². The molecule has 0 radical (unpaired) electrons. The number of carbonyl (C=O) groups is 1. The zero-order chi connectivity index (χ0) is 16.7. The van der Waals surface area contributed by atoms with E-state index in [1.165, 1.54) is 18.4 Å². The first-order chi connectivity index (χ1) is 10.9. The number of cyclic esters (lactones) is 1. The molecule has 0 amide bonds. The second-order valence-electron chi connectivity index (χ2n) is 8.42. The highest BCUT2D eigenvalue weighted by atomic mass is 16.5. The summed E-state index contributed by atoms with van der Waals surface area (Å²) in [5.41, 5.74) is 2.78. The summed E-state index contributed by atoms with van der Waals surface area (Å²) in [5.74, 6) is 0.862. The Balaban J connectivity index is 1.78. The molecule has 3 aliphatic rings. The van der Waals surface area contributed by atoms with Gasteiger partial charge in [0.1, 0.15) is 6.61 Å². The Labute approximate surface area is 139 Å². The van der Waals surface area contributed by atoms with E-state index in [4.69, 9.17) is 4.74 Å². The lowest BCUT2D eigenvalue weighted by atomic mass is 9.47.